The molecule has 0 radical (unpaired) electrons. The molecule has 146 valence electrons. The molecule has 5 nitrogen and oxygen atoms in total. The van der Waals surface area contributed by atoms with Gasteiger partial charge in [-0.2, -0.15) is 0 Å². The van der Waals surface area contributed by atoms with Gasteiger partial charge in [-0.25, -0.2) is 4.98 Å². The van der Waals surface area contributed by atoms with E-state index in [9.17, 15) is 4.79 Å². The molecule has 1 aliphatic rings. The number of benzene rings is 1. The molecule has 1 amide bonds. The maximum absolute atomic E-state index is 12.2. The minimum absolute atomic E-state index is 0.0835. The summed E-state index contributed by atoms with van der Waals surface area (Å²) in [4.78, 5) is 16.8. The number of thiazole rings is 1. The van der Waals surface area contributed by atoms with E-state index >= 15 is 0 Å². The second-order valence-corrected chi connectivity index (χ2v) is 7.87. The lowest BCUT2D eigenvalue weighted by molar-refractivity contribution is -0.135. The Morgan fingerprint density at radius 2 is 2.19 bits per heavy atom. The third-order valence-electron chi connectivity index (χ3n) is 4.71. The smallest absolute Gasteiger partial charge is 0.248 e. The number of rotatable bonds is 8. The molecule has 1 aromatic carbocycles. The molecule has 2 aromatic rings. The summed E-state index contributed by atoms with van der Waals surface area (Å²) in [5.74, 6) is -0.0835. The normalized spacial score (nSPS) is 18.2. The van der Waals surface area contributed by atoms with Gasteiger partial charge in [0, 0.05) is 30.5 Å². The van der Waals surface area contributed by atoms with Crippen molar-refractivity contribution in [1.29, 1.82) is 0 Å². The minimum atomic E-state index is -0.464. The van der Waals surface area contributed by atoms with Crippen molar-refractivity contribution >= 4 is 17.2 Å². The van der Waals surface area contributed by atoms with E-state index in [1.54, 1.807) is 18.3 Å². The first-order valence-corrected chi connectivity index (χ1v) is 10.5. The molecule has 1 aromatic heterocycles. The Morgan fingerprint density at radius 1 is 1.37 bits per heavy atom. The van der Waals surface area contributed by atoms with Crippen LogP contribution in [0.15, 0.2) is 29.6 Å². The van der Waals surface area contributed by atoms with E-state index in [0.717, 1.165) is 35.7 Å². The minimum Gasteiger partial charge on any atom is -0.376 e. The summed E-state index contributed by atoms with van der Waals surface area (Å²) < 4.78 is 11.3. The van der Waals surface area contributed by atoms with E-state index in [2.05, 4.69) is 46.9 Å². The number of ether oxygens (including phenoxy) is 2. The number of nitrogens with zero attached hydrogens (tertiary/aromatic N) is 1. The Bertz CT molecular complexity index is 723. The van der Waals surface area contributed by atoms with Crippen LogP contribution < -0.4 is 5.32 Å². The van der Waals surface area contributed by atoms with Crippen molar-refractivity contribution in [2.24, 2.45) is 0 Å². The molecule has 2 heterocycles. The summed E-state index contributed by atoms with van der Waals surface area (Å²) in [7, 11) is 0. The van der Waals surface area contributed by atoms with Crippen molar-refractivity contribution in [3.63, 3.8) is 0 Å². The van der Waals surface area contributed by atoms with Gasteiger partial charge >= 0.3 is 0 Å². The fourth-order valence-electron chi connectivity index (χ4n) is 2.97. The number of hydrogen-bond acceptors (Lipinski definition) is 5. The Hall–Kier alpha value is -1.76. The largest absolute Gasteiger partial charge is 0.376 e. The molecular formula is C21H28N2O3S. The van der Waals surface area contributed by atoms with Gasteiger partial charge in [0.25, 0.3) is 0 Å². The summed E-state index contributed by atoms with van der Waals surface area (Å²) >= 11 is 1.64. The highest BCUT2D eigenvalue weighted by Crippen LogP contribution is 2.24. The molecule has 0 spiro atoms. The fourth-order valence-corrected chi connectivity index (χ4v) is 3.83. The highest BCUT2D eigenvalue weighted by atomic mass is 32.1. The monoisotopic (exact) mass is 388 g/mol. The predicted octanol–water partition coefficient (Wildman–Crippen LogP) is 3.75. The lowest BCUT2D eigenvalue weighted by Crippen LogP contribution is -2.37. The highest BCUT2D eigenvalue weighted by Gasteiger charge is 2.18. The van der Waals surface area contributed by atoms with E-state index in [1.807, 2.05) is 0 Å². The third kappa shape index (κ3) is 6.13. The van der Waals surface area contributed by atoms with Crippen molar-refractivity contribution in [2.75, 3.05) is 19.8 Å². The summed E-state index contributed by atoms with van der Waals surface area (Å²) in [6.07, 6.45) is 3.69. The van der Waals surface area contributed by atoms with Gasteiger partial charge in [0.05, 0.1) is 18.4 Å². The van der Waals surface area contributed by atoms with E-state index in [4.69, 9.17) is 9.47 Å². The summed E-state index contributed by atoms with van der Waals surface area (Å²) in [5.41, 5.74) is 3.37. The van der Waals surface area contributed by atoms with Crippen LogP contribution in [0, 0.1) is 6.92 Å². The quantitative estimate of drug-likeness (QED) is 0.748. The molecule has 2 unspecified atom stereocenters. The van der Waals surface area contributed by atoms with Gasteiger partial charge in [-0.05, 0) is 33.1 Å². The van der Waals surface area contributed by atoms with Gasteiger partial charge in [-0.15, -0.1) is 11.3 Å². The molecule has 0 saturated carbocycles. The Kier molecular flexibility index (Phi) is 7.38. The molecule has 3 rings (SSSR count). The van der Waals surface area contributed by atoms with Gasteiger partial charge in [0.1, 0.15) is 11.1 Å². The maximum atomic E-state index is 12.2. The number of nitrogens with one attached hydrogen (secondary N) is 1. The van der Waals surface area contributed by atoms with Crippen LogP contribution in [0.4, 0.5) is 0 Å². The number of aryl methyl sites for hydroxylation is 1. The van der Waals surface area contributed by atoms with Crippen molar-refractivity contribution in [3.8, 4) is 10.6 Å². The first-order valence-electron chi connectivity index (χ1n) is 9.64. The first-order chi connectivity index (χ1) is 13.1. The lowest BCUT2D eigenvalue weighted by Gasteiger charge is -2.23. The van der Waals surface area contributed by atoms with Crippen LogP contribution in [0.1, 0.15) is 37.4 Å². The highest BCUT2D eigenvalue weighted by molar-refractivity contribution is 7.13. The van der Waals surface area contributed by atoms with Crippen LogP contribution in [0.5, 0.6) is 0 Å². The average molecular weight is 389 g/mol. The lowest BCUT2D eigenvalue weighted by atomic mass is 10.1. The number of carbonyl (C=O) groups is 1. The maximum Gasteiger partial charge on any atom is 0.248 e. The van der Waals surface area contributed by atoms with Crippen molar-refractivity contribution < 1.29 is 14.3 Å². The van der Waals surface area contributed by atoms with Crippen molar-refractivity contribution in [3.05, 3.63) is 40.9 Å². The standard InChI is InChI=1S/C21H28N2O3S/c1-15-6-8-17(9-7-15)21-23-18(14-27-21)10-11-22-20(24)16(2)26-13-19-5-3-4-12-25-19/h6-9,14,16,19H,3-5,10-13H2,1-2H3,(H,22,24). The number of aromatic nitrogens is 1. The zero-order valence-corrected chi connectivity index (χ0v) is 16.9. The van der Waals surface area contributed by atoms with Crippen LogP contribution in [-0.2, 0) is 20.7 Å². The van der Waals surface area contributed by atoms with Gasteiger partial charge in [0.2, 0.25) is 5.91 Å². The fraction of sp³-hybridized carbons (Fsp3) is 0.524. The molecule has 6 heteroatoms. The Morgan fingerprint density at radius 3 is 2.93 bits per heavy atom. The Labute approximate surface area is 165 Å². The topological polar surface area (TPSA) is 60.5 Å². The van der Waals surface area contributed by atoms with Crippen molar-refractivity contribution in [1.82, 2.24) is 10.3 Å². The van der Waals surface area contributed by atoms with Crippen LogP contribution in [0.3, 0.4) is 0 Å². The van der Waals surface area contributed by atoms with Gasteiger partial charge in [-0.1, -0.05) is 29.8 Å². The Balaban J connectivity index is 1.38. The molecule has 27 heavy (non-hydrogen) atoms. The summed E-state index contributed by atoms with van der Waals surface area (Å²) in [5, 5.41) is 6.01. The van der Waals surface area contributed by atoms with Gasteiger partial charge in [0.15, 0.2) is 0 Å². The molecule has 0 aliphatic carbocycles. The zero-order valence-electron chi connectivity index (χ0n) is 16.1. The van der Waals surface area contributed by atoms with Crippen molar-refractivity contribution in [2.45, 2.75) is 51.7 Å². The van der Waals surface area contributed by atoms with E-state index < -0.39 is 6.10 Å². The molecule has 1 aliphatic heterocycles. The number of hydrogen-bond donors (Lipinski definition) is 1. The molecule has 1 saturated heterocycles. The van der Waals surface area contributed by atoms with Crippen LogP contribution >= 0.6 is 11.3 Å². The SMILES string of the molecule is Cc1ccc(-c2nc(CCNC(=O)C(C)OCC3CCCCO3)cs2)cc1. The molecule has 0 bridgehead atoms. The zero-order chi connectivity index (χ0) is 19.1. The third-order valence-corrected chi connectivity index (χ3v) is 5.65. The molecule has 1 N–H and O–H groups in total. The first kappa shape index (κ1) is 20.0. The van der Waals surface area contributed by atoms with E-state index in [-0.39, 0.29) is 12.0 Å². The second kappa shape index (κ2) is 9.97. The van der Waals surface area contributed by atoms with E-state index in [0.29, 0.717) is 19.6 Å². The number of amides is 1. The average Bonchev–Trinajstić information content (AvgIpc) is 3.16. The molecular weight excluding hydrogens is 360 g/mol. The number of carbonyl (C=O) groups excluding carboxylic acids is 1. The van der Waals surface area contributed by atoms with Crippen LogP contribution in [0.2, 0.25) is 0 Å². The van der Waals surface area contributed by atoms with Gasteiger partial charge in [-0.3, -0.25) is 4.79 Å². The summed E-state index contributed by atoms with van der Waals surface area (Å²) in [6.45, 7) is 5.71. The predicted molar refractivity (Wildman–Crippen MR) is 108 cm³/mol. The summed E-state index contributed by atoms with van der Waals surface area (Å²) in [6, 6.07) is 8.37. The van der Waals surface area contributed by atoms with Crippen LogP contribution in [-0.4, -0.2) is 42.9 Å². The second-order valence-electron chi connectivity index (χ2n) is 7.02. The van der Waals surface area contributed by atoms with Crippen LogP contribution in [0.25, 0.3) is 10.6 Å². The molecule has 2 atom stereocenters. The van der Waals surface area contributed by atoms with Gasteiger partial charge < -0.3 is 14.8 Å². The van der Waals surface area contributed by atoms with E-state index in [1.165, 1.54) is 12.0 Å². The molecule has 1 fully saturated rings.